The summed E-state index contributed by atoms with van der Waals surface area (Å²) in [4.78, 5) is 1.12. The topological polar surface area (TPSA) is 46.2 Å². The molecule has 0 radical (unpaired) electrons. The second-order valence-electron chi connectivity index (χ2n) is 4.90. The molecule has 2 aromatic carbocycles. The van der Waals surface area contributed by atoms with Crippen LogP contribution in [0.3, 0.4) is 0 Å². The maximum absolute atomic E-state index is 12.6. The third-order valence-corrected chi connectivity index (χ3v) is 7.03. The van der Waals surface area contributed by atoms with Crippen LogP contribution in [0, 0.1) is 0 Å². The maximum atomic E-state index is 12.6. The van der Waals surface area contributed by atoms with Gasteiger partial charge < -0.3 is 0 Å². The van der Waals surface area contributed by atoms with Gasteiger partial charge in [0.1, 0.15) is 4.90 Å². The predicted octanol–water partition coefficient (Wildman–Crippen LogP) is 4.51. The lowest BCUT2D eigenvalue weighted by molar-refractivity contribution is 0.546. The summed E-state index contributed by atoms with van der Waals surface area (Å²) >= 11 is 13.7. The third-order valence-electron chi connectivity index (χ3n) is 3.46. The minimum Gasteiger partial charge on any atom is -0.207 e. The Hall–Kier alpha value is -0.720. The molecule has 3 rings (SSSR count). The molecule has 0 aromatic heterocycles. The zero-order chi connectivity index (χ0) is 15.7. The number of fused-ring (bicyclic) bond motifs is 1. The van der Waals surface area contributed by atoms with Crippen molar-refractivity contribution in [2.45, 2.75) is 22.3 Å². The second-order valence-corrected chi connectivity index (χ2v) is 8.51. The summed E-state index contributed by atoms with van der Waals surface area (Å²) in [5.41, 5.74) is 1.00. The van der Waals surface area contributed by atoms with Crippen LogP contribution in [0.15, 0.2) is 52.3 Å². The van der Waals surface area contributed by atoms with Crippen molar-refractivity contribution in [3.63, 3.8) is 0 Å². The number of sulfonamides is 1. The third kappa shape index (κ3) is 3.14. The first kappa shape index (κ1) is 16.1. The van der Waals surface area contributed by atoms with E-state index in [9.17, 15) is 8.42 Å². The number of rotatable bonds is 3. The Morgan fingerprint density at radius 1 is 1.09 bits per heavy atom. The van der Waals surface area contributed by atoms with E-state index in [2.05, 4.69) is 4.72 Å². The largest absolute Gasteiger partial charge is 0.242 e. The van der Waals surface area contributed by atoms with Gasteiger partial charge in [-0.25, -0.2) is 13.1 Å². The van der Waals surface area contributed by atoms with Gasteiger partial charge in [-0.2, -0.15) is 0 Å². The Labute approximate surface area is 144 Å². The number of benzene rings is 2. The molecule has 0 bridgehead atoms. The molecule has 1 heterocycles. The molecule has 1 N–H and O–H groups in total. The number of nitrogens with one attached hydrogen (secondary N) is 1. The van der Waals surface area contributed by atoms with Crippen molar-refractivity contribution in [2.24, 2.45) is 0 Å². The number of thioether (sulfide) groups is 1. The Balaban J connectivity index is 1.95. The first-order chi connectivity index (χ1) is 10.5. The van der Waals surface area contributed by atoms with Crippen LogP contribution in [0.4, 0.5) is 0 Å². The summed E-state index contributed by atoms with van der Waals surface area (Å²) in [7, 11) is -3.73. The van der Waals surface area contributed by atoms with E-state index in [0.29, 0.717) is 0 Å². The van der Waals surface area contributed by atoms with Crippen LogP contribution in [0.1, 0.15) is 18.0 Å². The van der Waals surface area contributed by atoms with E-state index < -0.39 is 10.0 Å². The first-order valence-electron chi connectivity index (χ1n) is 6.67. The summed E-state index contributed by atoms with van der Waals surface area (Å²) in [5.74, 6) is 0.869. The highest BCUT2D eigenvalue weighted by molar-refractivity contribution is 7.99. The molecular weight excluding hydrogens is 361 g/mol. The summed E-state index contributed by atoms with van der Waals surface area (Å²) in [6.45, 7) is 0. The molecule has 1 aliphatic heterocycles. The van der Waals surface area contributed by atoms with Gasteiger partial charge in [0.2, 0.25) is 10.0 Å². The van der Waals surface area contributed by atoms with Crippen molar-refractivity contribution in [1.82, 2.24) is 4.72 Å². The number of hydrogen-bond donors (Lipinski definition) is 1. The van der Waals surface area contributed by atoms with Gasteiger partial charge in [0.05, 0.1) is 10.0 Å². The Kier molecular flexibility index (Phi) is 4.71. The fourth-order valence-electron chi connectivity index (χ4n) is 2.41. The highest BCUT2D eigenvalue weighted by Crippen LogP contribution is 2.37. The molecule has 0 saturated carbocycles. The van der Waals surface area contributed by atoms with Crippen LogP contribution in [-0.4, -0.2) is 14.2 Å². The van der Waals surface area contributed by atoms with Gasteiger partial charge in [-0.15, -0.1) is 11.8 Å². The molecule has 0 fully saturated rings. The summed E-state index contributed by atoms with van der Waals surface area (Å²) < 4.78 is 28.0. The molecule has 22 heavy (non-hydrogen) atoms. The van der Waals surface area contributed by atoms with Crippen LogP contribution >= 0.6 is 35.0 Å². The molecule has 3 nitrogen and oxygen atoms in total. The van der Waals surface area contributed by atoms with Gasteiger partial charge in [-0.3, -0.25) is 0 Å². The van der Waals surface area contributed by atoms with Crippen molar-refractivity contribution in [2.75, 3.05) is 5.75 Å². The standard InChI is InChI=1S/C15H13Cl2NO2S2/c16-11-5-3-7-14(15(11)17)22(19,20)18-12-8-9-21-13-6-2-1-4-10(12)13/h1-7,12,18H,8-9H2/t12-/m0/s1. The van der Waals surface area contributed by atoms with Crippen LogP contribution in [0.5, 0.6) is 0 Å². The summed E-state index contributed by atoms with van der Waals surface area (Å²) in [6, 6.07) is 12.2. The Morgan fingerprint density at radius 2 is 1.86 bits per heavy atom. The SMILES string of the molecule is O=S(=O)(N[C@H]1CCSc2ccccc21)c1cccc(Cl)c1Cl. The lowest BCUT2D eigenvalue weighted by Gasteiger charge is -2.25. The van der Waals surface area contributed by atoms with E-state index >= 15 is 0 Å². The van der Waals surface area contributed by atoms with Gasteiger partial charge in [0, 0.05) is 10.9 Å². The maximum Gasteiger partial charge on any atom is 0.242 e. The fourth-order valence-corrected chi connectivity index (χ4v) is 5.54. The van der Waals surface area contributed by atoms with Crippen molar-refractivity contribution < 1.29 is 8.42 Å². The average Bonchev–Trinajstić information content (AvgIpc) is 2.50. The van der Waals surface area contributed by atoms with Crippen molar-refractivity contribution in [3.8, 4) is 0 Å². The molecule has 0 saturated heterocycles. The van der Waals surface area contributed by atoms with Gasteiger partial charge in [0.15, 0.2) is 0 Å². The van der Waals surface area contributed by atoms with E-state index in [1.54, 1.807) is 23.9 Å². The average molecular weight is 374 g/mol. The molecule has 0 amide bonds. The van der Waals surface area contributed by atoms with Crippen LogP contribution < -0.4 is 4.72 Å². The molecule has 1 aliphatic rings. The second kappa shape index (κ2) is 6.42. The van der Waals surface area contributed by atoms with Crippen molar-refractivity contribution in [3.05, 3.63) is 58.1 Å². The monoisotopic (exact) mass is 373 g/mol. The van der Waals surface area contributed by atoms with E-state index in [4.69, 9.17) is 23.2 Å². The zero-order valence-corrected chi connectivity index (χ0v) is 14.6. The summed E-state index contributed by atoms with van der Waals surface area (Å²) in [5, 5.41) is 0.277. The smallest absolute Gasteiger partial charge is 0.207 e. The van der Waals surface area contributed by atoms with Gasteiger partial charge in [-0.05, 0) is 35.9 Å². The lowest BCUT2D eigenvalue weighted by Crippen LogP contribution is -2.31. The van der Waals surface area contributed by atoms with Gasteiger partial charge in [-0.1, -0.05) is 47.5 Å². The van der Waals surface area contributed by atoms with Crippen LogP contribution in [0.2, 0.25) is 10.0 Å². The molecule has 0 spiro atoms. The normalized spacial score (nSPS) is 18.0. The van der Waals surface area contributed by atoms with Gasteiger partial charge >= 0.3 is 0 Å². The number of hydrogen-bond acceptors (Lipinski definition) is 3. The van der Waals surface area contributed by atoms with Crippen LogP contribution in [-0.2, 0) is 10.0 Å². The molecular formula is C15H13Cl2NO2S2. The molecule has 1 atom stereocenters. The van der Waals surface area contributed by atoms with Crippen LogP contribution in [0.25, 0.3) is 0 Å². The zero-order valence-electron chi connectivity index (χ0n) is 11.4. The molecule has 7 heteroatoms. The quantitative estimate of drug-likeness (QED) is 0.860. The highest BCUT2D eigenvalue weighted by Gasteiger charge is 2.27. The van der Waals surface area contributed by atoms with Gasteiger partial charge in [0.25, 0.3) is 0 Å². The van der Waals surface area contributed by atoms with E-state index in [-0.39, 0.29) is 21.0 Å². The Morgan fingerprint density at radius 3 is 2.68 bits per heavy atom. The lowest BCUT2D eigenvalue weighted by atomic mass is 10.1. The highest BCUT2D eigenvalue weighted by atomic mass is 35.5. The fraction of sp³-hybridized carbons (Fsp3) is 0.200. The van der Waals surface area contributed by atoms with E-state index in [0.717, 1.165) is 22.6 Å². The van der Waals surface area contributed by atoms with Crippen molar-refractivity contribution in [1.29, 1.82) is 0 Å². The minimum atomic E-state index is -3.73. The molecule has 2 aromatic rings. The molecule has 0 aliphatic carbocycles. The predicted molar refractivity (Wildman–Crippen MR) is 91.3 cm³/mol. The van der Waals surface area contributed by atoms with E-state index in [1.165, 1.54) is 6.07 Å². The van der Waals surface area contributed by atoms with Crippen molar-refractivity contribution >= 4 is 45.0 Å². The van der Waals surface area contributed by atoms with E-state index in [1.807, 2.05) is 24.3 Å². The summed E-state index contributed by atoms with van der Waals surface area (Å²) in [6.07, 6.45) is 0.735. The molecule has 116 valence electrons. The first-order valence-corrected chi connectivity index (χ1v) is 9.89. The Bertz CT molecular complexity index is 809. The number of halogens is 2. The molecule has 0 unspecified atom stereocenters. The minimum absolute atomic E-state index is 0.0115.